The Bertz CT molecular complexity index is 1270. The monoisotopic (exact) mass is 560 g/mol. The maximum atomic E-state index is 6.17. The zero-order valence-corrected chi connectivity index (χ0v) is 26.2. The van der Waals surface area contributed by atoms with E-state index in [-0.39, 0.29) is 5.92 Å². The molecule has 3 aromatic carbocycles. The van der Waals surface area contributed by atoms with E-state index in [1.807, 2.05) is 54.6 Å². The van der Waals surface area contributed by atoms with Crippen LogP contribution >= 0.6 is 0 Å². The fourth-order valence-corrected chi connectivity index (χ4v) is 12.9. The van der Waals surface area contributed by atoms with Crippen molar-refractivity contribution in [2.75, 3.05) is 42.7 Å². The van der Waals surface area contributed by atoms with Gasteiger partial charge in [-0.05, 0) is 68.7 Å². The van der Waals surface area contributed by atoms with Gasteiger partial charge in [0.05, 0.1) is 42.7 Å². The molecule has 6 nitrogen and oxygen atoms in total. The normalized spacial score (nSPS) is 15.3. The molecule has 1 aliphatic carbocycles. The molecule has 7 heteroatoms. The lowest BCUT2D eigenvalue weighted by atomic mass is 10.1. The van der Waals surface area contributed by atoms with Crippen molar-refractivity contribution < 1.29 is 28.4 Å². The van der Waals surface area contributed by atoms with Gasteiger partial charge in [-0.1, -0.05) is 41.5 Å². The predicted molar refractivity (Wildman–Crippen MR) is 164 cm³/mol. The van der Waals surface area contributed by atoms with Crippen LogP contribution in [-0.4, -0.2) is 50.7 Å². The van der Waals surface area contributed by atoms with E-state index >= 15 is 0 Å². The molecule has 0 amide bonds. The third-order valence-corrected chi connectivity index (χ3v) is 13.8. The number of ether oxygens (including phenoxy) is 6. The highest BCUT2D eigenvalue weighted by atomic mass is 28.3. The van der Waals surface area contributed by atoms with E-state index in [1.165, 1.54) is 21.9 Å². The summed E-state index contributed by atoms with van der Waals surface area (Å²) in [4.78, 5) is 0. The van der Waals surface area contributed by atoms with Gasteiger partial charge in [-0.25, -0.2) is 0 Å². The number of rotatable bonds is 10. The van der Waals surface area contributed by atoms with Gasteiger partial charge in [0, 0.05) is 15.6 Å². The van der Waals surface area contributed by atoms with Crippen LogP contribution in [-0.2, 0) is 0 Å². The molecule has 0 fully saturated rings. The van der Waals surface area contributed by atoms with Crippen LogP contribution in [0.5, 0.6) is 34.5 Å². The highest BCUT2D eigenvalue weighted by molar-refractivity contribution is 7.18. The quantitative estimate of drug-likeness (QED) is 0.256. The lowest BCUT2D eigenvalue weighted by molar-refractivity contribution is 0.396. The summed E-state index contributed by atoms with van der Waals surface area (Å²) in [6, 6.07) is 17.8. The van der Waals surface area contributed by atoms with E-state index in [9.17, 15) is 0 Å². The molecule has 0 saturated carbocycles. The van der Waals surface area contributed by atoms with Crippen molar-refractivity contribution in [3.8, 4) is 34.5 Å². The Morgan fingerprint density at radius 3 is 0.950 bits per heavy atom. The minimum atomic E-state index is -3.51. The SMILES string of the molecule is COc1cccc(OC)c1[Si](C1=C(C)C(C)=C(C)C1C)(c1c(OC)cccc1OC)c1c(OC)cccc1OC. The van der Waals surface area contributed by atoms with Crippen LogP contribution in [0.2, 0.25) is 0 Å². The van der Waals surface area contributed by atoms with E-state index in [0.717, 1.165) is 15.6 Å². The lowest BCUT2D eigenvalue weighted by Crippen LogP contribution is -2.70. The third-order valence-electron chi connectivity index (χ3n) is 8.45. The van der Waals surface area contributed by atoms with Crippen LogP contribution in [0.25, 0.3) is 0 Å². The van der Waals surface area contributed by atoms with Crippen LogP contribution in [0.3, 0.4) is 0 Å². The summed E-state index contributed by atoms with van der Waals surface area (Å²) in [5, 5.41) is 4.09. The molecule has 4 rings (SSSR count). The molecule has 3 aromatic rings. The molecule has 0 heterocycles. The van der Waals surface area contributed by atoms with Crippen molar-refractivity contribution in [2.45, 2.75) is 27.7 Å². The van der Waals surface area contributed by atoms with Crippen molar-refractivity contribution in [3.63, 3.8) is 0 Å². The van der Waals surface area contributed by atoms with Crippen LogP contribution in [0.4, 0.5) is 0 Å². The van der Waals surface area contributed by atoms with Crippen molar-refractivity contribution in [1.29, 1.82) is 0 Å². The summed E-state index contributed by atoms with van der Waals surface area (Å²) >= 11 is 0. The number of methoxy groups -OCH3 is 6. The number of hydrogen-bond acceptors (Lipinski definition) is 6. The van der Waals surface area contributed by atoms with Gasteiger partial charge in [0.1, 0.15) is 34.5 Å². The molecule has 1 atom stereocenters. The van der Waals surface area contributed by atoms with Gasteiger partial charge in [-0.2, -0.15) is 0 Å². The Morgan fingerprint density at radius 1 is 0.475 bits per heavy atom. The molecule has 0 radical (unpaired) electrons. The van der Waals surface area contributed by atoms with Gasteiger partial charge in [-0.3, -0.25) is 0 Å². The summed E-state index contributed by atoms with van der Waals surface area (Å²) in [5.41, 5.74) is 3.82. The van der Waals surface area contributed by atoms with Crippen molar-refractivity contribution in [3.05, 3.63) is 76.5 Å². The van der Waals surface area contributed by atoms with E-state index < -0.39 is 8.07 Å². The number of allylic oxidation sites excluding steroid dienone is 4. The van der Waals surface area contributed by atoms with E-state index in [2.05, 4.69) is 27.7 Å². The predicted octanol–water partition coefficient (Wildman–Crippen LogP) is 5.05. The molecule has 0 bridgehead atoms. The Balaban J connectivity index is 2.48. The maximum absolute atomic E-state index is 6.17. The first-order chi connectivity index (χ1) is 19.3. The minimum absolute atomic E-state index is 0.102. The van der Waals surface area contributed by atoms with Crippen LogP contribution < -0.4 is 44.0 Å². The fourth-order valence-electron chi connectivity index (χ4n) is 6.41. The zero-order chi connectivity index (χ0) is 29.2. The Labute approximate surface area is 239 Å². The Morgan fingerprint density at radius 2 is 0.750 bits per heavy atom. The second kappa shape index (κ2) is 11.7. The summed E-state index contributed by atoms with van der Waals surface area (Å²) in [5.74, 6) is 4.36. The smallest absolute Gasteiger partial charge is 0.203 e. The molecule has 0 spiro atoms. The van der Waals surface area contributed by atoms with Crippen molar-refractivity contribution in [1.82, 2.24) is 0 Å². The Hall–Kier alpha value is -3.84. The topological polar surface area (TPSA) is 55.4 Å². The standard InChI is InChI=1S/C33H40O6Si/c1-20-21(2)23(4)30(22(20)3)40(31-24(34-5)14-11-15-25(31)35-6,32-26(36-7)16-12-17-27(32)37-8)33-28(38-9)18-13-19-29(33)39-10/h11-19,22H,1-10H3. The second-order valence-electron chi connectivity index (χ2n) is 9.93. The van der Waals surface area contributed by atoms with Gasteiger partial charge in [0.25, 0.3) is 0 Å². The molecule has 0 aromatic heterocycles. The summed E-state index contributed by atoms with van der Waals surface area (Å²) in [6.45, 7) is 8.91. The van der Waals surface area contributed by atoms with Crippen molar-refractivity contribution in [2.24, 2.45) is 5.92 Å². The Kier molecular flexibility index (Phi) is 8.54. The first-order valence-electron chi connectivity index (χ1n) is 13.3. The van der Waals surface area contributed by atoms with E-state index in [0.29, 0.717) is 34.5 Å². The fraction of sp³-hybridized carbons (Fsp3) is 0.333. The van der Waals surface area contributed by atoms with Gasteiger partial charge in [0.2, 0.25) is 8.07 Å². The van der Waals surface area contributed by atoms with Gasteiger partial charge >= 0.3 is 0 Å². The highest BCUT2D eigenvalue weighted by Crippen LogP contribution is 2.46. The molecule has 0 saturated heterocycles. The second-order valence-corrected chi connectivity index (χ2v) is 13.5. The molecule has 1 unspecified atom stereocenters. The first kappa shape index (κ1) is 29.1. The maximum Gasteiger partial charge on any atom is 0.203 e. The first-order valence-corrected chi connectivity index (χ1v) is 15.3. The zero-order valence-electron chi connectivity index (χ0n) is 25.2. The largest absolute Gasteiger partial charge is 0.497 e. The lowest BCUT2D eigenvalue weighted by Gasteiger charge is -2.41. The third kappa shape index (κ3) is 4.24. The molecule has 1 aliphatic rings. The van der Waals surface area contributed by atoms with Crippen molar-refractivity contribution >= 4 is 23.6 Å². The minimum Gasteiger partial charge on any atom is -0.497 e. The number of benzene rings is 3. The van der Waals surface area contributed by atoms with Crippen LogP contribution in [0.15, 0.2) is 76.5 Å². The molecule has 212 valence electrons. The summed E-state index contributed by atoms with van der Waals surface area (Å²) < 4.78 is 37.0. The molecule has 0 N–H and O–H groups in total. The molecule has 0 aliphatic heterocycles. The van der Waals surface area contributed by atoms with Gasteiger partial charge < -0.3 is 28.4 Å². The summed E-state index contributed by atoms with van der Waals surface area (Å²) in [6.07, 6.45) is 0. The van der Waals surface area contributed by atoms with Crippen LogP contribution in [0, 0.1) is 5.92 Å². The number of hydrogen-bond donors (Lipinski definition) is 0. The van der Waals surface area contributed by atoms with Crippen LogP contribution in [0.1, 0.15) is 27.7 Å². The van der Waals surface area contributed by atoms with E-state index in [1.54, 1.807) is 42.7 Å². The molecular formula is C33H40O6Si. The molecular weight excluding hydrogens is 520 g/mol. The van der Waals surface area contributed by atoms with Gasteiger partial charge in [0.15, 0.2) is 0 Å². The molecule has 40 heavy (non-hydrogen) atoms. The van der Waals surface area contributed by atoms with E-state index in [4.69, 9.17) is 28.4 Å². The average Bonchev–Trinajstić information content (AvgIpc) is 3.19. The highest BCUT2D eigenvalue weighted by Gasteiger charge is 2.56. The summed E-state index contributed by atoms with van der Waals surface area (Å²) in [7, 11) is 6.69. The van der Waals surface area contributed by atoms with Gasteiger partial charge in [-0.15, -0.1) is 0 Å². The average molecular weight is 561 g/mol.